The van der Waals surface area contributed by atoms with E-state index in [1.807, 2.05) is 19.0 Å². The highest BCUT2D eigenvalue weighted by atomic mass is 31.2. The van der Waals surface area contributed by atoms with Crippen LogP contribution in [0.4, 0.5) is 0 Å². The Labute approximate surface area is 295 Å². The molecule has 2 atom stereocenters. The van der Waals surface area contributed by atoms with E-state index in [-0.39, 0.29) is 25.6 Å². The maximum Gasteiger partial charge on any atom is 0.472 e. The van der Waals surface area contributed by atoms with Gasteiger partial charge in [0.1, 0.15) is 6.61 Å². The number of hydrogen-bond acceptors (Lipinski definition) is 8. The van der Waals surface area contributed by atoms with Crippen LogP contribution >= 0.6 is 7.82 Å². The van der Waals surface area contributed by atoms with Gasteiger partial charge in [0.05, 0.1) is 13.2 Å². The maximum atomic E-state index is 12.6. The lowest BCUT2D eigenvalue weighted by Crippen LogP contribution is -2.29. The molecule has 0 saturated carbocycles. The third kappa shape index (κ3) is 34.9. The van der Waals surface area contributed by atoms with E-state index in [4.69, 9.17) is 18.5 Å². The lowest BCUT2D eigenvalue weighted by molar-refractivity contribution is -0.161. The Morgan fingerprint density at radius 2 is 0.938 bits per heavy atom. The minimum Gasteiger partial charge on any atom is -0.462 e. The van der Waals surface area contributed by atoms with Crippen LogP contribution in [0.2, 0.25) is 0 Å². The first-order valence-electron chi connectivity index (χ1n) is 19.8. The molecule has 0 heterocycles. The van der Waals surface area contributed by atoms with Crippen LogP contribution in [0.25, 0.3) is 0 Å². The Hall–Kier alpha value is -0.990. The van der Waals surface area contributed by atoms with Crippen LogP contribution < -0.4 is 0 Å². The molecule has 0 aromatic rings. The number of carbonyl (C=O) groups is 2. The Bertz CT molecular complexity index is 782. The molecule has 0 aliphatic rings. The van der Waals surface area contributed by atoms with Crippen molar-refractivity contribution >= 4 is 19.8 Å². The average molecular weight is 706 g/mol. The molecule has 10 heteroatoms. The molecule has 0 bridgehead atoms. The average Bonchev–Trinajstić information content (AvgIpc) is 3.04. The molecule has 1 N–H and O–H groups in total. The van der Waals surface area contributed by atoms with Crippen molar-refractivity contribution in [3.05, 3.63) is 0 Å². The number of unbranched alkanes of at least 4 members (excludes halogenated alkanes) is 23. The largest absolute Gasteiger partial charge is 0.472 e. The summed E-state index contributed by atoms with van der Waals surface area (Å²) in [4.78, 5) is 36.8. The summed E-state index contributed by atoms with van der Waals surface area (Å²) in [5.41, 5.74) is 0. The van der Waals surface area contributed by atoms with Gasteiger partial charge in [-0.05, 0) is 26.9 Å². The highest BCUT2D eigenvalue weighted by molar-refractivity contribution is 7.47. The lowest BCUT2D eigenvalue weighted by atomic mass is 10.0. The number of esters is 2. The molecule has 0 rings (SSSR count). The molecule has 48 heavy (non-hydrogen) atoms. The number of nitrogens with zero attached hydrogens (tertiary/aromatic N) is 1. The second-order valence-corrected chi connectivity index (χ2v) is 15.3. The van der Waals surface area contributed by atoms with E-state index in [1.54, 1.807) is 0 Å². The van der Waals surface area contributed by atoms with E-state index in [9.17, 15) is 19.0 Å². The highest BCUT2D eigenvalue weighted by Gasteiger charge is 2.26. The second-order valence-electron chi connectivity index (χ2n) is 13.8. The van der Waals surface area contributed by atoms with Gasteiger partial charge >= 0.3 is 19.8 Å². The van der Waals surface area contributed by atoms with E-state index in [2.05, 4.69) is 13.8 Å². The third-order valence-corrected chi connectivity index (χ3v) is 9.65. The molecule has 2 unspecified atom stereocenters. The van der Waals surface area contributed by atoms with Crippen molar-refractivity contribution < 1.29 is 37.6 Å². The summed E-state index contributed by atoms with van der Waals surface area (Å²) in [6.45, 7) is 4.33. The SMILES string of the molecule is CCCCCCCCCCCCCCCC(=O)OC(COC(=O)CCCCCCCCCCCCCC)COP(=O)(O)OCCN(C)C. The van der Waals surface area contributed by atoms with E-state index in [0.717, 1.165) is 32.1 Å². The van der Waals surface area contributed by atoms with Crippen LogP contribution in [-0.4, -0.2) is 68.3 Å². The molecule has 0 fully saturated rings. The third-order valence-electron chi connectivity index (χ3n) is 8.66. The summed E-state index contributed by atoms with van der Waals surface area (Å²) >= 11 is 0. The molecule has 0 aromatic carbocycles. The van der Waals surface area contributed by atoms with Crippen LogP contribution in [0.15, 0.2) is 0 Å². The number of hydrogen-bond donors (Lipinski definition) is 1. The van der Waals surface area contributed by atoms with Crippen molar-refractivity contribution in [2.24, 2.45) is 0 Å². The zero-order chi connectivity index (χ0) is 35.6. The lowest BCUT2D eigenvalue weighted by Gasteiger charge is -2.20. The smallest absolute Gasteiger partial charge is 0.462 e. The molecule has 0 amide bonds. The molecule has 0 aliphatic heterocycles. The van der Waals surface area contributed by atoms with E-state index in [1.165, 1.54) is 122 Å². The van der Waals surface area contributed by atoms with Crippen LogP contribution in [0.1, 0.15) is 187 Å². The van der Waals surface area contributed by atoms with Crippen molar-refractivity contribution in [3.8, 4) is 0 Å². The van der Waals surface area contributed by atoms with Crippen LogP contribution in [-0.2, 0) is 32.7 Å². The van der Waals surface area contributed by atoms with Gasteiger partial charge in [-0.1, -0.05) is 162 Å². The molecule has 0 saturated heterocycles. The van der Waals surface area contributed by atoms with Gasteiger partial charge in [-0.3, -0.25) is 18.6 Å². The summed E-state index contributed by atoms with van der Waals surface area (Å²) in [6.07, 6.45) is 30.0. The first kappa shape index (κ1) is 47.0. The Kier molecular flexibility index (Phi) is 33.7. The van der Waals surface area contributed by atoms with Gasteiger partial charge in [-0.25, -0.2) is 4.57 Å². The van der Waals surface area contributed by atoms with Crippen LogP contribution in [0, 0.1) is 0 Å². The molecule has 0 aliphatic carbocycles. The first-order valence-corrected chi connectivity index (χ1v) is 21.3. The number of phosphoric acid groups is 1. The molecule has 0 aromatic heterocycles. The van der Waals surface area contributed by atoms with Gasteiger partial charge in [0.25, 0.3) is 0 Å². The first-order chi connectivity index (χ1) is 23.2. The monoisotopic (exact) mass is 706 g/mol. The Morgan fingerprint density at radius 1 is 0.562 bits per heavy atom. The number of ether oxygens (including phenoxy) is 2. The van der Waals surface area contributed by atoms with Crippen molar-refractivity contribution in [1.82, 2.24) is 4.90 Å². The molecule has 286 valence electrons. The zero-order valence-electron chi connectivity index (χ0n) is 31.7. The Balaban J connectivity index is 4.32. The van der Waals surface area contributed by atoms with Gasteiger partial charge in [-0.2, -0.15) is 0 Å². The van der Waals surface area contributed by atoms with Crippen molar-refractivity contribution in [3.63, 3.8) is 0 Å². The van der Waals surface area contributed by atoms with E-state index >= 15 is 0 Å². The fraction of sp³-hybridized carbons (Fsp3) is 0.947. The Morgan fingerprint density at radius 3 is 1.33 bits per heavy atom. The van der Waals surface area contributed by atoms with Gasteiger partial charge < -0.3 is 19.3 Å². The maximum absolute atomic E-state index is 12.6. The molecular formula is C38H76NO8P. The van der Waals surface area contributed by atoms with Crippen molar-refractivity contribution in [1.29, 1.82) is 0 Å². The van der Waals surface area contributed by atoms with Gasteiger partial charge in [0.15, 0.2) is 6.10 Å². The number of carbonyl (C=O) groups excluding carboxylic acids is 2. The summed E-state index contributed by atoms with van der Waals surface area (Å²) in [7, 11) is -0.697. The fourth-order valence-corrected chi connectivity index (χ4v) is 6.31. The summed E-state index contributed by atoms with van der Waals surface area (Å²) in [5.74, 6) is -0.793. The van der Waals surface area contributed by atoms with E-state index < -0.39 is 26.5 Å². The predicted molar refractivity (Wildman–Crippen MR) is 197 cm³/mol. The standard InChI is InChI=1S/C38H76NO8P/c1-5-7-9-11-13-15-17-19-21-23-25-27-29-31-38(41)47-36(35-46-48(42,43)45-33-32-39(3)4)34-44-37(40)30-28-26-24-22-20-18-16-14-12-10-8-6-2/h36H,5-35H2,1-4H3,(H,42,43). The van der Waals surface area contributed by atoms with Crippen molar-refractivity contribution in [2.45, 2.75) is 193 Å². The quantitative estimate of drug-likeness (QED) is 0.0383. The number of likely N-dealkylation sites (N-methyl/N-ethyl adjacent to an activating group) is 1. The van der Waals surface area contributed by atoms with Gasteiger partial charge in [0, 0.05) is 19.4 Å². The second kappa shape index (κ2) is 34.5. The molecule has 9 nitrogen and oxygen atoms in total. The highest BCUT2D eigenvalue weighted by Crippen LogP contribution is 2.43. The van der Waals surface area contributed by atoms with Gasteiger partial charge in [-0.15, -0.1) is 0 Å². The zero-order valence-corrected chi connectivity index (χ0v) is 32.6. The van der Waals surface area contributed by atoms with Crippen LogP contribution in [0.5, 0.6) is 0 Å². The summed E-state index contributed by atoms with van der Waals surface area (Å²) < 4.78 is 33.3. The molecule has 0 radical (unpaired) electrons. The van der Waals surface area contributed by atoms with Gasteiger partial charge in [0.2, 0.25) is 0 Å². The minimum absolute atomic E-state index is 0.0122. The summed E-state index contributed by atoms with van der Waals surface area (Å²) in [5, 5.41) is 0. The van der Waals surface area contributed by atoms with E-state index in [0.29, 0.717) is 19.4 Å². The number of rotatable bonds is 37. The predicted octanol–water partition coefficient (Wildman–Crippen LogP) is 10.7. The van der Waals surface area contributed by atoms with Crippen LogP contribution in [0.3, 0.4) is 0 Å². The normalized spacial score (nSPS) is 13.5. The fourth-order valence-electron chi connectivity index (χ4n) is 5.57. The molecule has 0 spiro atoms. The topological polar surface area (TPSA) is 112 Å². The minimum atomic E-state index is -4.35. The summed E-state index contributed by atoms with van der Waals surface area (Å²) in [6, 6.07) is 0. The van der Waals surface area contributed by atoms with Crippen molar-refractivity contribution in [2.75, 3.05) is 40.5 Å². The number of phosphoric ester groups is 1. The molecular weight excluding hydrogens is 629 g/mol.